The minimum Gasteiger partial charge on any atom is -0.338 e. The topological polar surface area (TPSA) is 53.5 Å². The second-order valence-corrected chi connectivity index (χ2v) is 4.82. The first-order chi connectivity index (χ1) is 12.9. The third-order valence-corrected chi connectivity index (χ3v) is 3.18. The van der Waals surface area contributed by atoms with Gasteiger partial charge >= 0.3 is 0 Å². The summed E-state index contributed by atoms with van der Waals surface area (Å²) < 4.78 is 5.92. The molecule has 0 unspecified atom stereocenters. The van der Waals surface area contributed by atoms with E-state index >= 15 is 0 Å². The van der Waals surface area contributed by atoms with Crippen LogP contribution in [0.4, 0.5) is 0 Å². The van der Waals surface area contributed by atoms with Gasteiger partial charge in [0, 0.05) is 57.8 Å². The molecule has 3 heterocycles. The number of aryl methyl sites for hydroxylation is 6. The third-order valence-electron chi connectivity index (χ3n) is 3.18. The van der Waals surface area contributed by atoms with Crippen LogP contribution in [0.25, 0.3) is 0 Å². The zero-order valence-corrected chi connectivity index (χ0v) is 19.6. The Labute approximate surface area is 167 Å². The minimum atomic E-state index is 1.06. The molecule has 0 N–H and O–H groups in total. The van der Waals surface area contributed by atoms with Crippen molar-refractivity contribution in [3.05, 3.63) is 54.7 Å². The van der Waals surface area contributed by atoms with Gasteiger partial charge in [0.15, 0.2) is 0 Å². The van der Waals surface area contributed by atoms with E-state index in [1.165, 1.54) is 5.69 Å². The highest BCUT2D eigenvalue weighted by atomic mass is 15.0. The molecule has 3 aromatic rings. The predicted octanol–water partition coefficient (Wildman–Crippen LogP) is 5.26. The Hall–Kier alpha value is -2.37. The molecule has 0 saturated heterocycles. The van der Waals surface area contributed by atoms with Crippen LogP contribution in [-0.2, 0) is 21.1 Å². The van der Waals surface area contributed by atoms with Crippen LogP contribution in [0.5, 0.6) is 0 Å². The highest BCUT2D eigenvalue weighted by molar-refractivity contribution is 4.92. The number of hydrogen-bond acceptors (Lipinski definition) is 3. The maximum Gasteiger partial charge on any atom is 0.105 e. The lowest BCUT2D eigenvalue weighted by atomic mass is 10.5. The van der Waals surface area contributed by atoms with E-state index in [0.717, 1.165) is 11.6 Å². The van der Waals surface area contributed by atoms with Gasteiger partial charge in [-0.3, -0.25) is 0 Å². The molecule has 6 heteroatoms. The van der Waals surface area contributed by atoms with Crippen molar-refractivity contribution in [2.24, 2.45) is 21.1 Å². The maximum atomic E-state index is 3.98. The first kappa shape index (κ1) is 29.4. The SMILES string of the molecule is CC.CC.CC.Cc1cncn1C.Cc1nccn1C.Cc1nccn1C. The Morgan fingerprint density at radius 1 is 0.630 bits per heavy atom. The number of aromatic nitrogens is 6. The highest BCUT2D eigenvalue weighted by Gasteiger charge is 1.84. The van der Waals surface area contributed by atoms with Crippen molar-refractivity contribution in [2.45, 2.75) is 62.3 Å². The smallest absolute Gasteiger partial charge is 0.105 e. The number of imidazole rings is 3. The van der Waals surface area contributed by atoms with Crippen molar-refractivity contribution < 1.29 is 0 Å². The van der Waals surface area contributed by atoms with Crippen LogP contribution >= 0.6 is 0 Å². The van der Waals surface area contributed by atoms with Gasteiger partial charge in [0.1, 0.15) is 11.6 Å². The summed E-state index contributed by atoms with van der Waals surface area (Å²) in [7, 11) is 5.92. The van der Waals surface area contributed by atoms with E-state index in [2.05, 4.69) is 15.0 Å². The standard InChI is InChI=1S/3C5H8N2.3C2H6/c1-5-3-6-4-7(5)2;2*1-5-6-3-4-7(5)2;3*1-2/h3*3-4H,1-2H3;3*1-2H3. The summed E-state index contributed by atoms with van der Waals surface area (Å²) in [4.78, 5) is 11.8. The fourth-order valence-electron chi connectivity index (χ4n) is 1.30. The van der Waals surface area contributed by atoms with Crippen molar-refractivity contribution in [3.63, 3.8) is 0 Å². The molecule has 0 saturated carbocycles. The quantitative estimate of drug-likeness (QED) is 0.536. The zero-order chi connectivity index (χ0) is 21.8. The Balaban J connectivity index is -0.000000281. The molecule has 0 aliphatic heterocycles. The van der Waals surface area contributed by atoms with Gasteiger partial charge in [-0.2, -0.15) is 0 Å². The molecular formula is C21H42N6. The monoisotopic (exact) mass is 378 g/mol. The molecule has 27 heavy (non-hydrogen) atoms. The Kier molecular flexibility index (Phi) is 21.7. The van der Waals surface area contributed by atoms with Crippen molar-refractivity contribution in [3.8, 4) is 0 Å². The molecule has 3 aromatic heterocycles. The molecule has 0 amide bonds. The van der Waals surface area contributed by atoms with Gasteiger partial charge in [0.05, 0.1) is 6.33 Å². The van der Waals surface area contributed by atoms with Crippen LogP contribution in [-0.4, -0.2) is 28.7 Å². The molecule has 0 aliphatic carbocycles. The molecule has 156 valence electrons. The van der Waals surface area contributed by atoms with Gasteiger partial charge in [-0.15, -0.1) is 0 Å². The summed E-state index contributed by atoms with van der Waals surface area (Å²) in [5.41, 5.74) is 1.19. The molecule has 0 spiro atoms. The first-order valence-corrected chi connectivity index (χ1v) is 9.72. The van der Waals surface area contributed by atoms with Crippen molar-refractivity contribution in [1.82, 2.24) is 28.7 Å². The van der Waals surface area contributed by atoms with Gasteiger partial charge in [-0.05, 0) is 20.8 Å². The van der Waals surface area contributed by atoms with E-state index in [1.54, 1.807) is 18.7 Å². The molecule has 0 fully saturated rings. The fraction of sp³-hybridized carbons (Fsp3) is 0.571. The Morgan fingerprint density at radius 3 is 1.07 bits per heavy atom. The van der Waals surface area contributed by atoms with E-state index in [9.17, 15) is 0 Å². The predicted molar refractivity (Wildman–Crippen MR) is 118 cm³/mol. The summed E-state index contributed by atoms with van der Waals surface area (Å²) in [5.74, 6) is 2.11. The van der Waals surface area contributed by atoms with Crippen LogP contribution in [0, 0.1) is 20.8 Å². The second-order valence-electron chi connectivity index (χ2n) is 4.82. The fourth-order valence-corrected chi connectivity index (χ4v) is 1.30. The van der Waals surface area contributed by atoms with E-state index in [1.807, 2.05) is 116 Å². The van der Waals surface area contributed by atoms with E-state index < -0.39 is 0 Å². The summed E-state index contributed by atoms with van der Waals surface area (Å²) >= 11 is 0. The van der Waals surface area contributed by atoms with Crippen LogP contribution in [0.2, 0.25) is 0 Å². The number of hydrogen-bond donors (Lipinski definition) is 0. The molecule has 0 atom stereocenters. The second kappa shape index (κ2) is 19.9. The lowest BCUT2D eigenvalue weighted by molar-refractivity contribution is 0.858. The first-order valence-electron chi connectivity index (χ1n) is 9.72. The number of rotatable bonds is 0. The summed E-state index contributed by atoms with van der Waals surface area (Å²) in [5, 5.41) is 0. The third kappa shape index (κ3) is 14.5. The van der Waals surface area contributed by atoms with E-state index in [-0.39, 0.29) is 0 Å². The van der Waals surface area contributed by atoms with E-state index in [4.69, 9.17) is 0 Å². The number of nitrogens with zero attached hydrogens (tertiary/aromatic N) is 6. The lowest BCUT2D eigenvalue weighted by Gasteiger charge is -1.87. The van der Waals surface area contributed by atoms with Crippen LogP contribution in [0.1, 0.15) is 58.9 Å². The average molecular weight is 379 g/mol. The van der Waals surface area contributed by atoms with Gasteiger partial charge in [-0.25, -0.2) is 15.0 Å². The molecule has 6 nitrogen and oxygen atoms in total. The minimum absolute atomic E-state index is 1.06. The molecule has 0 aliphatic rings. The van der Waals surface area contributed by atoms with Gasteiger partial charge in [0.25, 0.3) is 0 Å². The molecule has 3 rings (SSSR count). The molecule has 0 radical (unpaired) electrons. The van der Waals surface area contributed by atoms with Gasteiger partial charge < -0.3 is 13.7 Å². The lowest BCUT2D eigenvalue weighted by Crippen LogP contribution is -1.86. The van der Waals surface area contributed by atoms with Crippen LogP contribution in [0.15, 0.2) is 37.3 Å². The largest absolute Gasteiger partial charge is 0.338 e. The van der Waals surface area contributed by atoms with Crippen molar-refractivity contribution >= 4 is 0 Å². The molecular weight excluding hydrogens is 336 g/mol. The Morgan fingerprint density at radius 2 is 1.00 bits per heavy atom. The Bertz CT molecular complexity index is 509. The van der Waals surface area contributed by atoms with Crippen LogP contribution < -0.4 is 0 Å². The summed E-state index contributed by atoms with van der Waals surface area (Å²) in [6.07, 6.45) is 11.0. The van der Waals surface area contributed by atoms with Gasteiger partial charge in [-0.1, -0.05) is 41.5 Å². The van der Waals surface area contributed by atoms with Gasteiger partial charge in [0.2, 0.25) is 0 Å². The molecule has 0 aromatic carbocycles. The average Bonchev–Trinajstić information content (AvgIpc) is 3.39. The maximum absolute atomic E-state index is 3.98. The summed E-state index contributed by atoms with van der Waals surface area (Å²) in [6, 6.07) is 0. The van der Waals surface area contributed by atoms with Crippen LogP contribution in [0.3, 0.4) is 0 Å². The van der Waals surface area contributed by atoms with Crippen molar-refractivity contribution in [2.75, 3.05) is 0 Å². The normalized spacial score (nSPS) is 8.00. The van der Waals surface area contributed by atoms with E-state index in [0.29, 0.717) is 0 Å². The van der Waals surface area contributed by atoms with Crippen molar-refractivity contribution in [1.29, 1.82) is 0 Å². The zero-order valence-electron chi connectivity index (χ0n) is 19.6. The summed E-state index contributed by atoms with van der Waals surface area (Å²) in [6.45, 7) is 18.0. The molecule has 0 bridgehead atoms. The highest BCUT2D eigenvalue weighted by Crippen LogP contribution is 1.89.